The first-order valence-corrected chi connectivity index (χ1v) is 7.26. The number of pyridine rings is 1. The molecule has 0 aliphatic rings. The molecule has 0 fully saturated rings. The molecule has 0 unspecified atom stereocenters. The van der Waals surface area contributed by atoms with E-state index in [0.717, 1.165) is 36.6 Å². The molecule has 0 aliphatic carbocycles. The third-order valence-electron chi connectivity index (χ3n) is 3.46. The summed E-state index contributed by atoms with van der Waals surface area (Å²) < 4.78 is 0. The van der Waals surface area contributed by atoms with E-state index in [4.69, 9.17) is 5.73 Å². The summed E-state index contributed by atoms with van der Waals surface area (Å²) in [6.07, 6.45) is 4.63. The molecule has 2 N–H and O–H groups in total. The molecule has 21 heavy (non-hydrogen) atoms. The van der Waals surface area contributed by atoms with Gasteiger partial charge in [0.25, 0.3) is 0 Å². The van der Waals surface area contributed by atoms with E-state index in [-0.39, 0.29) is 0 Å². The van der Waals surface area contributed by atoms with Gasteiger partial charge in [0.2, 0.25) is 0 Å². The molecule has 1 aromatic carbocycles. The smallest absolute Gasteiger partial charge is 0.0830 e. The minimum absolute atomic E-state index is 0.760. The number of aryl methyl sites for hydroxylation is 1. The summed E-state index contributed by atoms with van der Waals surface area (Å²) in [5.41, 5.74) is 10.3. The number of hydrogen-bond acceptors (Lipinski definition) is 4. The van der Waals surface area contributed by atoms with Gasteiger partial charge in [-0.3, -0.25) is 4.98 Å². The van der Waals surface area contributed by atoms with Crippen molar-refractivity contribution in [3.05, 3.63) is 48.3 Å². The fourth-order valence-corrected chi connectivity index (χ4v) is 2.28. The maximum Gasteiger partial charge on any atom is 0.0830 e. The van der Waals surface area contributed by atoms with Gasteiger partial charge in [-0.05, 0) is 52.2 Å². The molecule has 112 valence electrons. The van der Waals surface area contributed by atoms with E-state index in [1.807, 2.05) is 12.3 Å². The highest BCUT2D eigenvalue weighted by Crippen LogP contribution is 2.29. The third kappa shape index (κ3) is 4.20. The van der Waals surface area contributed by atoms with Crippen LogP contribution in [0.25, 0.3) is 0 Å². The van der Waals surface area contributed by atoms with Crippen LogP contribution in [0.2, 0.25) is 0 Å². The summed E-state index contributed by atoms with van der Waals surface area (Å²) in [5, 5.41) is 0. The topological polar surface area (TPSA) is 45.4 Å². The number of aromatic nitrogens is 1. The lowest BCUT2D eigenvalue weighted by molar-refractivity contribution is 0.402. The Morgan fingerprint density at radius 2 is 1.76 bits per heavy atom. The zero-order valence-electron chi connectivity index (χ0n) is 13.1. The van der Waals surface area contributed by atoms with E-state index in [2.05, 4.69) is 60.1 Å². The second-order valence-electron chi connectivity index (χ2n) is 5.58. The number of nitrogens with two attached hydrogens (primary N) is 1. The molecular weight excluding hydrogens is 260 g/mol. The standard InChI is InChI=1S/C17H24N4/c1-14-5-7-15(8-6-14)21(12-4-11-20(2)3)17-13-19-10-9-16(17)18/h5-10,13H,4,11-12H2,1-3H3,(H2,18,19). The number of nitrogen functional groups attached to an aromatic ring is 1. The number of anilines is 3. The Morgan fingerprint density at radius 1 is 1.05 bits per heavy atom. The largest absolute Gasteiger partial charge is 0.397 e. The van der Waals surface area contributed by atoms with Crippen molar-refractivity contribution < 1.29 is 0 Å². The van der Waals surface area contributed by atoms with Gasteiger partial charge in [-0.2, -0.15) is 0 Å². The fourth-order valence-electron chi connectivity index (χ4n) is 2.28. The molecule has 0 saturated heterocycles. The van der Waals surface area contributed by atoms with Crippen LogP contribution in [0.1, 0.15) is 12.0 Å². The van der Waals surface area contributed by atoms with Gasteiger partial charge in [0.05, 0.1) is 17.6 Å². The van der Waals surface area contributed by atoms with Crippen molar-refractivity contribution in [2.45, 2.75) is 13.3 Å². The predicted molar refractivity (Wildman–Crippen MR) is 90.0 cm³/mol. The molecule has 0 radical (unpaired) electrons. The molecule has 0 bridgehead atoms. The summed E-state index contributed by atoms with van der Waals surface area (Å²) in [6.45, 7) is 4.05. The Labute approximate surface area is 127 Å². The minimum Gasteiger partial charge on any atom is -0.397 e. The molecule has 0 spiro atoms. The van der Waals surface area contributed by atoms with Crippen LogP contribution in [0.4, 0.5) is 17.1 Å². The van der Waals surface area contributed by atoms with Gasteiger partial charge in [-0.1, -0.05) is 17.7 Å². The van der Waals surface area contributed by atoms with Gasteiger partial charge in [0.15, 0.2) is 0 Å². The first kappa shape index (κ1) is 15.3. The van der Waals surface area contributed by atoms with Crippen LogP contribution in [0.5, 0.6) is 0 Å². The van der Waals surface area contributed by atoms with E-state index in [9.17, 15) is 0 Å². The molecule has 4 nitrogen and oxygen atoms in total. The summed E-state index contributed by atoms with van der Waals surface area (Å²) in [6, 6.07) is 10.4. The minimum atomic E-state index is 0.760. The highest BCUT2D eigenvalue weighted by molar-refractivity contribution is 5.73. The molecule has 1 heterocycles. The van der Waals surface area contributed by atoms with Crippen molar-refractivity contribution in [3.8, 4) is 0 Å². The SMILES string of the molecule is Cc1ccc(N(CCCN(C)C)c2cnccc2N)cc1. The summed E-state index contributed by atoms with van der Waals surface area (Å²) in [5.74, 6) is 0. The van der Waals surface area contributed by atoms with Crippen molar-refractivity contribution in [1.29, 1.82) is 0 Å². The van der Waals surface area contributed by atoms with Crippen molar-refractivity contribution in [2.75, 3.05) is 37.8 Å². The Balaban J connectivity index is 2.26. The maximum atomic E-state index is 6.13. The first-order valence-electron chi connectivity index (χ1n) is 7.26. The summed E-state index contributed by atoms with van der Waals surface area (Å²) in [4.78, 5) is 8.66. The monoisotopic (exact) mass is 284 g/mol. The van der Waals surface area contributed by atoms with E-state index < -0.39 is 0 Å². The normalized spacial score (nSPS) is 10.9. The van der Waals surface area contributed by atoms with E-state index in [1.165, 1.54) is 5.56 Å². The van der Waals surface area contributed by atoms with Crippen LogP contribution in [-0.2, 0) is 0 Å². The average Bonchev–Trinajstić information content (AvgIpc) is 2.46. The van der Waals surface area contributed by atoms with Crippen LogP contribution in [0, 0.1) is 6.92 Å². The van der Waals surface area contributed by atoms with Crippen molar-refractivity contribution >= 4 is 17.1 Å². The molecule has 0 saturated carbocycles. The van der Waals surface area contributed by atoms with Crippen LogP contribution in [-0.4, -0.2) is 37.1 Å². The Morgan fingerprint density at radius 3 is 2.38 bits per heavy atom. The second kappa shape index (κ2) is 7.09. The third-order valence-corrected chi connectivity index (χ3v) is 3.46. The van der Waals surface area contributed by atoms with Gasteiger partial charge in [0.1, 0.15) is 0 Å². The lowest BCUT2D eigenvalue weighted by Crippen LogP contribution is -2.24. The van der Waals surface area contributed by atoms with Crippen LogP contribution in [0.15, 0.2) is 42.7 Å². The first-order chi connectivity index (χ1) is 10.1. The molecule has 0 amide bonds. The Bertz CT molecular complexity index is 563. The molecule has 1 aromatic heterocycles. The van der Waals surface area contributed by atoms with Gasteiger partial charge in [-0.25, -0.2) is 0 Å². The maximum absolute atomic E-state index is 6.13. The number of nitrogens with zero attached hydrogens (tertiary/aromatic N) is 3. The zero-order chi connectivity index (χ0) is 15.2. The Kier molecular flexibility index (Phi) is 5.17. The zero-order valence-corrected chi connectivity index (χ0v) is 13.1. The number of rotatable bonds is 6. The molecular formula is C17H24N4. The fraction of sp³-hybridized carbons (Fsp3) is 0.353. The molecule has 0 atom stereocenters. The van der Waals surface area contributed by atoms with Crippen LogP contribution in [0.3, 0.4) is 0 Å². The number of benzene rings is 1. The van der Waals surface area contributed by atoms with Crippen molar-refractivity contribution in [3.63, 3.8) is 0 Å². The molecule has 2 aromatic rings. The van der Waals surface area contributed by atoms with Crippen molar-refractivity contribution in [2.24, 2.45) is 0 Å². The summed E-state index contributed by atoms with van der Waals surface area (Å²) in [7, 11) is 4.18. The lowest BCUT2D eigenvalue weighted by Gasteiger charge is -2.26. The molecule has 4 heteroatoms. The van der Waals surface area contributed by atoms with Crippen molar-refractivity contribution in [1.82, 2.24) is 9.88 Å². The van der Waals surface area contributed by atoms with Gasteiger partial charge in [0, 0.05) is 18.4 Å². The van der Waals surface area contributed by atoms with Gasteiger partial charge in [-0.15, -0.1) is 0 Å². The number of hydrogen-bond donors (Lipinski definition) is 1. The molecule has 2 rings (SSSR count). The second-order valence-corrected chi connectivity index (χ2v) is 5.58. The van der Waals surface area contributed by atoms with E-state index in [1.54, 1.807) is 6.20 Å². The highest BCUT2D eigenvalue weighted by atomic mass is 15.2. The molecule has 0 aliphatic heterocycles. The van der Waals surface area contributed by atoms with Crippen LogP contribution < -0.4 is 10.6 Å². The summed E-state index contributed by atoms with van der Waals surface area (Å²) >= 11 is 0. The lowest BCUT2D eigenvalue weighted by atomic mass is 10.2. The van der Waals surface area contributed by atoms with Crippen LogP contribution >= 0.6 is 0 Å². The van der Waals surface area contributed by atoms with E-state index in [0.29, 0.717) is 0 Å². The van der Waals surface area contributed by atoms with E-state index >= 15 is 0 Å². The van der Waals surface area contributed by atoms with Gasteiger partial charge >= 0.3 is 0 Å². The van der Waals surface area contributed by atoms with Gasteiger partial charge < -0.3 is 15.5 Å². The average molecular weight is 284 g/mol. The predicted octanol–water partition coefficient (Wildman–Crippen LogP) is 3.06. The Hall–Kier alpha value is -2.07. The quantitative estimate of drug-likeness (QED) is 0.885. The highest BCUT2D eigenvalue weighted by Gasteiger charge is 2.12.